The monoisotopic (exact) mass is 403 g/mol. The number of Topliss-reactive ketones (excluding diaryl/α,β-unsaturated/α-hetero) is 1. The molecule has 1 heterocycles. The van der Waals surface area contributed by atoms with Crippen molar-refractivity contribution in [3.63, 3.8) is 0 Å². The Balaban J connectivity index is 1.60. The lowest BCUT2D eigenvalue weighted by Crippen LogP contribution is -2.26. The fourth-order valence-corrected chi connectivity index (χ4v) is 2.83. The van der Waals surface area contributed by atoms with E-state index in [-0.39, 0.29) is 29.7 Å². The summed E-state index contributed by atoms with van der Waals surface area (Å²) in [5, 5.41) is 5.46. The fraction of sp³-hybridized carbons (Fsp3) is 0.130. The van der Waals surface area contributed by atoms with Crippen molar-refractivity contribution < 1.29 is 14.4 Å². The number of aryl methyl sites for hydroxylation is 1. The summed E-state index contributed by atoms with van der Waals surface area (Å²) in [6.45, 7) is 3.22. The van der Waals surface area contributed by atoms with Crippen LogP contribution in [-0.2, 0) is 11.3 Å². The molecule has 2 aromatic carbocycles. The molecule has 0 saturated heterocycles. The number of aromatic nitrogens is 1. The number of carbonyl (C=O) groups excluding carboxylic acids is 3. The van der Waals surface area contributed by atoms with Gasteiger partial charge in [0.1, 0.15) is 6.54 Å². The van der Waals surface area contributed by atoms with Gasteiger partial charge in [0.2, 0.25) is 5.91 Å². The van der Waals surface area contributed by atoms with Crippen molar-refractivity contribution in [3.05, 3.63) is 93.9 Å². The predicted molar refractivity (Wildman–Crippen MR) is 115 cm³/mol. The Morgan fingerprint density at radius 2 is 1.37 bits per heavy atom. The molecule has 7 nitrogen and oxygen atoms in total. The van der Waals surface area contributed by atoms with Gasteiger partial charge in [0, 0.05) is 34.8 Å². The van der Waals surface area contributed by atoms with Crippen LogP contribution in [-0.4, -0.2) is 22.2 Å². The summed E-state index contributed by atoms with van der Waals surface area (Å²) in [7, 11) is 0. The van der Waals surface area contributed by atoms with Crippen LogP contribution >= 0.6 is 0 Å². The van der Waals surface area contributed by atoms with E-state index in [1.54, 1.807) is 60.8 Å². The maximum Gasteiger partial charge on any atom is 0.255 e. The zero-order valence-corrected chi connectivity index (χ0v) is 16.6. The van der Waals surface area contributed by atoms with Crippen molar-refractivity contribution >= 4 is 29.0 Å². The number of ketones is 1. The Kier molecular flexibility index (Phi) is 6.22. The zero-order valence-electron chi connectivity index (χ0n) is 16.6. The highest BCUT2D eigenvalue weighted by molar-refractivity contribution is 6.05. The van der Waals surface area contributed by atoms with Crippen molar-refractivity contribution in [3.8, 4) is 0 Å². The van der Waals surface area contributed by atoms with E-state index in [9.17, 15) is 19.2 Å². The molecule has 0 fully saturated rings. The highest BCUT2D eigenvalue weighted by Crippen LogP contribution is 2.14. The van der Waals surface area contributed by atoms with Gasteiger partial charge in [-0.05, 0) is 67.9 Å². The molecule has 3 aromatic rings. The van der Waals surface area contributed by atoms with E-state index in [4.69, 9.17) is 0 Å². The Labute approximate surface area is 173 Å². The number of benzene rings is 2. The summed E-state index contributed by atoms with van der Waals surface area (Å²) in [4.78, 5) is 47.7. The molecule has 0 aliphatic carbocycles. The third kappa shape index (κ3) is 5.29. The van der Waals surface area contributed by atoms with Gasteiger partial charge in [-0.2, -0.15) is 0 Å². The third-order valence-electron chi connectivity index (χ3n) is 4.43. The molecule has 0 aliphatic heterocycles. The minimum absolute atomic E-state index is 0.0437. The summed E-state index contributed by atoms with van der Waals surface area (Å²) in [6.07, 6.45) is 1.62. The maximum atomic E-state index is 12.4. The molecule has 0 spiro atoms. The highest BCUT2D eigenvalue weighted by Gasteiger charge is 2.09. The van der Waals surface area contributed by atoms with Gasteiger partial charge in [0.05, 0.1) is 0 Å². The van der Waals surface area contributed by atoms with E-state index >= 15 is 0 Å². The van der Waals surface area contributed by atoms with Crippen molar-refractivity contribution in [1.82, 2.24) is 4.57 Å². The largest absolute Gasteiger partial charge is 0.325 e. The number of carbonyl (C=O) groups is 3. The van der Waals surface area contributed by atoms with E-state index in [0.29, 0.717) is 22.5 Å². The second-order valence-corrected chi connectivity index (χ2v) is 6.89. The summed E-state index contributed by atoms with van der Waals surface area (Å²) in [6, 6.07) is 16.2. The summed E-state index contributed by atoms with van der Waals surface area (Å²) in [5.41, 5.74) is 2.71. The Morgan fingerprint density at radius 3 is 1.97 bits per heavy atom. The second kappa shape index (κ2) is 9.00. The lowest BCUT2D eigenvalue weighted by molar-refractivity contribution is -0.116. The molecule has 2 N–H and O–H groups in total. The van der Waals surface area contributed by atoms with Crippen LogP contribution in [0, 0.1) is 6.92 Å². The van der Waals surface area contributed by atoms with Crippen LogP contribution < -0.4 is 16.2 Å². The molecule has 0 bridgehead atoms. The molecule has 0 aliphatic rings. The van der Waals surface area contributed by atoms with Crippen LogP contribution in [0.5, 0.6) is 0 Å². The molecule has 0 atom stereocenters. The van der Waals surface area contributed by atoms with Crippen molar-refractivity contribution in [2.45, 2.75) is 20.4 Å². The number of rotatable bonds is 6. The standard InChI is InChI=1S/C23H21N3O4/c1-15-3-12-22(29)26(13-15)14-21(28)24-19-10-6-18(7-11-19)23(30)25-20-8-4-17(5-9-20)16(2)27/h3-13H,14H2,1-2H3,(H,24,28)(H,25,30). The molecule has 30 heavy (non-hydrogen) atoms. The van der Waals surface area contributed by atoms with E-state index < -0.39 is 0 Å². The Morgan fingerprint density at radius 1 is 0.800 bits per heavy atom. The fourth-order valence-electron chi connectivity index (χ4n) is 2.83. The predicted octanol–water partition coefficient (Wildman–Crippen LogP) is 3.25. The first-order valence-corrected chi connectivity index (χ1v) is 9.31. The first-order chi connectivity index (χ1) is 14.3. The number of pyridine rings is 1. The summed E-state index contributed by atoms with van der Waals surface area (Å²) >= 11 is 0. The Hall–Kier alpha value is -4.00. The van der Waals surface area contributed by atoms with Crippen LogP contribution in [0.15, 0.2) is 71.7 Å². The van der Waals surface area contributed by atoms with Crippen LogP contribution in [0.4, 0.5) is 11.4 Å². The molecule has 0 unspecified atom stereocenters. The lowest BCUT2D eigenvalue weighted by atomic mass is 10.1. The molecule has 0 radical (unpaired) electrons. The molecular weight excluding hydrogens is 382 g/mol. The van der Waals surface area contributed by atoms with E-state index in [1.807, 2.05) is 6.92 Å². The minimum Gasteiger partial charge on any atom is -0.325 e. The molecular formula is C23H21N3O4. The molecule has 3 rings (SSSR count). The minimum atomic E-state index is -0.342. The van der Waals surface area contributed by atoms with Gasteiger partial charge in [0.15, 0.2) is 5.78 Å². The maximum absolute atomic E-state index is 12.4. The van der Waals surface area contributed by atoms with Gasteiger partial charge in [0.25, 0.3) is 11.5 Å². The normalized spacial score (nSPS) is 10.3. The smallest absolute Gasteiger partial charge is 0.255 e. The summed E-state index contributed by atoms with van der Waals surface area (Å²) < 4.78 is 1.34. The third-order valence-corrected chi connectivity index (χ3v) is 4.43. The van der Waals surface area contributed by atoms with Gasteiger partial charge < -0.3 is 15.2 Å². The van der Waals surface area contributed by atoms with Gasteiger partial charge >= 0.3 is 0 Å². The number of amides is 2. The number of hydrogen-bond acceptors (Lipinski definition) is 4. The highest BCUT2D eigenvalue weighted by atomic mass is 16.2. The number of nitrogens with one attached hydrogen (secondary N) is 2. The van der Waals surface area contributed by atoms with E-state index in [2.05, 4.69) is 10.6 Å². The second-order valence-electron chi connectivity index (χ2n) is 6.89. The number of hydrogen-bond donors (Lipinski definition) is 2. The van der Waals surface area contributed by atoms with Gasteiger partial charge in [-0.15, -0.1) is 0 Å². The van der Waals surface area contributed by atoms with Crippen LogP contribution in [0.25, 0.3) is 0 Å². The number of anilines is 2. The topological polar surface area (TPSA) is 97.3 Å². The SMILES string of the molecule is CC(=O)c1ccc(NC(=O)c2ccc(NC(=O)Cn3cc(C)ccc3=O)cc2)cc1. The van der Waals surface area contributed by atoms with E-state index in [1.165, 1.54) is 17.6 Å². The lowest BCUT2D eigenvalue weighted by Gasteiger charge is -2.09. The molecule has 7 heteroatoms. The first-order valence-electron chi connectivity index (χ1n) is 9.31. The van der Waals surface area contributed by atoms with Crippen LogP contribution in [0.2, 0.25) is 0 Å². The van der Waals surface area contributed by atoms with Gasteiger partial charge in [-0.25, -0.2) is 0 Å². The summed E-state index contributed by atoms with van der Waals surface area (Å²) in [5.74, 6) is -0.696. The van der Waals surface area contributed by atoms with E-state index in [0.717, 1.165) is 5.56 Å². The van der Waals surface area contributed by atoms with Crippen molar-refractivity contribution in [1.29, 1.82) is 0 Å². The molecule has 2 amide bonds. The van der Waals surface area contributed by atoms with Crippen molar-refractivity contribution in [2.75, 3.05) is 10.6 Å². The molecule has 152 valence electrons. The van der Waals surface area contributed by atoms with Crippen LogP contribution in [0.1, 0.15) is 33.2 Å². The average Bonchev–Trinajstić information content (AvgIpc) is 2.71. The first kappa shape index (κ1) is 20.7. The van der Waals surface area contributed by atoms with Gasteiger partial charge in [-0.1, -0.05) is 6.07 Å². The van der Waals surface area contributed by atoms with Crippen LogP contribution in [0.3, 0.4) is 0 Å². The zero-order chi connectivity index (χ0) is 21.7. The number of nitrogens with zero attached hydrogens (tertiary/aromatic N) is 1. The Bertz CT molecular complexity index is 1150. The van der Waals surface area contributed by atoms with Crippen molar-refractivity contribution in [2.24, 2.45) is 0 Å². The average molecular weight is 403 g/mol. The quantitative estimate of drug-likeness (QED) is 0.618. The van der Waals surface area contributed by atoms with Gasteiger partial charge in [-0.3, -0.25) is 19.2 Å². The molecule has 1 aromatic heterocycles. The molecule has 0 saturated carbocycles.